The molecule has 2 heterocycles. The number of aromatic nitrogens is 1. The lowest BCUT2D eigenvalue weighted by Gasteiger charge is -2.60. The first kappa shape index (κ1) is 14.5. The Morgan fingerprint density at radius 3 is 3.05 bits per heavy atom. The number of fused-ring (bicyclic) bond motifs is 1. The van der Waals surface area contributed by atoms with E-state index in [0.29, 0.717) is 24.1 Å². The summed E-state index contributed by atoms with van der Waals surface area (Å²) in [6, 6.07) is 0.893. The first-order valence-corrected chi connectivity index (χ1v) is 8.68. The van der Waals surface area contributed by atoms with E-state index in [-0.39, 0.29) is 5.41 Å². The zero-order valence-corrected chi connectivity index (χ0v) is 13.8. The fraction of sp³-hybridized carbons (Fsp3) is 0.812. The molecule has 1 N–H and O–H groups in total. The quantitative estimate of drug-likeness (QED) is 0.922. The van der Waals surface area contributed by atoms with Crippen LogP contribution >= 0.6 is 11.3 Å². The highest BCUT2D eigenvalue weighted by molar-refractivity contribution is 7.11. The number of aryl methyl sites for hydroxylation is 1. The zero-order chi connectivity index (χ0) is 14.3. The van der Waals surface area contributed by atoms with Gasteiger partial charge in [-0.1, -0.05) is 20.8 Å². The molecule has 1 aromatic rings. The third-order valence-corrected chi connectivity index (χ3v) is 6.38. The first-order valence-electron chi connectivity index (χ1n) is 7.86. The normalized spacial score (nSPS) is 33.3. The molecule has 1 saturated heterocycles. The molecule has 3 nitrogen and oxygen atoms in total. The van der Waals surface area contributed by atoms with Crippen molar-refractivity contribution in [1.82, 2.24) is 10.3 Å². The molecule has 1 aliphatic carbocycles. The summed E-state index contributed by atoms with van der Waals surface area (Å²) in [7, 11) is 0. The molecule has 4 unspecified atom stereocenters. The lowest BCUT2D eigenvalue weighted by molar-refractivity contribution is -0.194. The van der Waals surface area contributed by atoms with Crippen molar-refractivity contribution in [3.63, 3.8) is 0 Å². The molecule has 20 heavy (non-hydrogen) atoms. The molecule has 1 aliphatic heterocycles. The number of hydrogen-bond acceptors (Lipinski definition) is 4. The van der Waals surface area contributed by atoms with Gasteiger partial charge in [0.2, 0.25) is 0 Å². The van der Waals surface area contributed by atoms with Crippen LogP contribution in [0.15, 0.2) is 6.20 Å². The number of nitrogens with one attached hydrogen (secondary N) is 1. The van der Waals surface area contributed by atoms with Crippen LogP contribution in [0, 0.1) is 11.3 Å². The molecule has 0 amide bonds. The van der Waals surface area contributed by atoms with Crippen molar-refractivity contribution in [3.8, 4) is 0 Å². The number of nitrogens with zero attached hydrogens (tertiary/aromatic N) is 1. The monoisotopic (exact) mass is 294 g/mol. The standard InChI is InChI=1S/C16H26N2OS/c1-5-11-9-17-15(20-11)10(2)18-13-12-7-6-8-19-14(12)16(13,3)4/h9-10,12-14,18H,5-8H2,1-4H3. The van der Waals surface area contributed by atoms with Crippen molar-refractivity contribution < 1.29 is 4.74 Å². The second-order valence-electron chi connectivity index (χ2n) is 6.80. The lowest BCUT2D eigenvalue weighted by Crippen LogP contribution is -2.69. The van der Waals surface area contributed by atoms with Crippen molar-refractivity contribution in [2.45, 2.75) is 65.1 Å². The highest BCUT2D eigenvalue weighted by atomic mass is 32.1. The predicted molar refractivity (Wildman–Crippen MR) is 83.1 cm³/mol. The Bertz CT molecular complexity index is 471. The Morgan fingerprint density at radius 1 is 1.55 bits per heavy atom. The molecule has 4 atom stereocenters. The molecule has 0 radical (unpaired) electrons. The zero-order valence-electron chi connectivity index (χ0n) is 13.0. The Balaban J connectivity index is 1.67. The van der Waals surface area contributed by atoms with Crippen LogP contribution in [-0.4, -0.2) is 23.7 Å². The maximum Gasteiger partial charge on any atom is 0.109 e. The van der Waals surface area contributed by atoms with Crippen molar-refractivity contribution >= 4 is 11.3 Å². The number of thiazole rings is 1. The van der Waals surface area contributed by atoms with Gasteiger partial charge in [-0.3, -0.25) is 0 Å². The molecule has 2 aliphatic rings. The third kappa shape index (κ3) is 2.32. The summed E-state index contributed by atoms with van der Waals surface area (Å²) in [4.78, 5) is 5.95. The van der Waals surface area contributed by atoms with Crippen molar-refractivity contribution in [3.05, 3.63) is 16.1 Å². The van der Waals surface area contributed by atoms with Gasteiger partial charge in [0, 0.05) is 35.1 Å². The minimum Gasteiger partial charge on any atom is -0.377 e. The van der Waals surface area contributed by atoms with Crippen LogP contribution in [0.2, 0.25) is 0 Å². The van der Waals surface area contributed by atoms with E-state index in [1.165, 1.54) is 22.7 Å². The third-order valence-electron chi connectivity index (χ3n) is 5.05. The van der Waals surface area contributed by atoms with Gasteiger partial charge in [0.25, 0.3) is 0 Å². The van der Waals surface area contributed by atoms with E-state index in [1.807, 2.05) is 17.5 Å². The van der Waals surface area contributed by atoms with Crippen LogP contribution in [0.4, 0.5) is 0 Å². The predicted octanol–water partition coefficient (Wildman–Crippen LogP) is 3.56. The summed E-state index contributed by atoms with van der Waals surface area (Å²) in [6.07, 6.45) is 6.06. The number of rotatable bonds is 4. The van der Waals surface area contributed by atoms with Gasteiger partial charge in [0.15, 0.2) is 0 Å². The van der Waals surface area contributed by atoms with Crippen molar-refractivity contribution in [2.75, 3.05) is 6.61 Å². The van der Waals surface area contributed by atoms with E-state index in [2.05, 4.69) is 38.0 Å². The molecule has 112 valence electrons. The van der Waals surface area contributed by atoms with Gasteiger partial charge >= 0.3 is 0 Å². The molecular weight excluding hydrogens is 268 g/mol. The Hall–Kier alpha value is -0.450. The molecule has 0 bridgehead atoms. The van der Waals surface area contributed by atoms with E-state index in [9.17, 15) is 0 Å². The maximum absolute atomic E-state index is 5.98. The molecule has 1 aromatic heterocycles. The Morgan fingerprint density at radius 2 is 2.35 bits per heavy atom. The van der Waals surface area contributed by atoms with Gasteiger partial charge in [0.1, 0.15) is 5.01 Å². The molecule has 1 saturated carbocycles. The summed E-state index contributed by atoms with van der Waals surface area (Å²) in [5.74, 6) is 0.687. The second kappa shape index (κ2) is 5.39. The molecule has 0 aromatic carbocycles. The van der Waals surface area contributed by atoms with Gasteiger partial charge in [-0.25, -0.2) is 4.98 Å². The highest BCUT2D eigenvalue weighted by Crippen LogP contribution is 2.51. The van der Waals surface area contributed by atoms with Crippen molar-refractivity contribution in [2.24, 2.45) is 11.3 Å². The maximum atomic E-state index is 5.98. The van der Waals surface area contributed by atoms with Crippen LogP contribution in [-0.2, 0) is 11.2 Å². The summed E-state index contributed by atoms with van der Waals surface area (Å²) in [5.41, 5.74) is 0.240. The summed E-state index contributed by atoms with van der Waals surface area (Å²) in [5, 5.41) is 5.05. The second-order valence-corrected chi connectivity index (χ2v) is 7.95. The Kier molecular flexibility index (Phi) is 3.91. The first-order chi connectivity index (χ1) is 9.54. The van der Waals surface area contributed by atoms with Crippen LogP contribution in [0.3, 0.4) is 0 Å². The molecule has 0 spiro atoms. The van der Waals surface area contributed by atoms with E-state index >= 15 is 0 Å². The number of ether oxygens (including phenoxy) is 1. The van der Waals surface area contributed by atoms with Gasteiger partial charge in [-0.05, 0) is 26.2 Å². The minimum atomic E-state index is 0.240. The fourth-order valence-electron chi connectivity index (χ4n) is 3.89. The van der Waals surface area contributed by atoms with Crippen LogP contribution in [0.1, 0.15) is 56.5 Å². The minimum absolute atomic E-state index is 0.240. The van der Waals surface area contributed by atoms with Gasteiger partial charge < -0.3 is 10.1 Å². The topological polar surface area (TPSA) is 34.2 Å². The molecule has 3 rings (SSSR count). The Labute approximate surface area is 126 Å². The van der Waals surface area contributed by atoms with E-state index in [0.717, 1.165) is 13.0 Å². The lowest BCUT2D eigenvalue weighted by atomic mass is 9.55. The van der Waals surface area contributed by atoms with Gasteiger partial charge in [-0.2, -0.15) is 0 Å². The van der Waals surface area contributed by atoms with Crippen LogP contribution < -0.4 is 5.32 Å². The summed E-state index contributed by atoms with van der Waals surface area (Å²) in [6.45, 7) is 10.0. The van der Waals surface area contributed by atoms with E-state index in [1.54, 1.807) is 0 Å². The molecule has 2 fully saturated rings. The highest BCUT2D eigenvalue weighted by Gasteiger charge is 2.57. The average molecular weight is 294 g/mol. The fourth-order valence-corrected chi connectivity index (χ4v) is 4.76. The van der Waals surface area contributed by atoms with E-state index in [4.69, 9.17) is 4.74 Å². The van der Waals surface area contributed by atoms with Crippen molar-refractivity contribution in [1.29, 1.82) is 0 Å². The summed E-state index contributed by atoms with van der Waals surface area (Å²) >= 11 is 1.84. The SMILES string of the molecule is CCc1cnc(C(C)NC2C3CCCOC3C2(C)C)s1. The van der Waals surface area contributed by atoms with Crippen LogP contribution in [0.25, 0.3) is 0 Å². The number of hydrogen-bond donors (Lipinski definition) is 1. The molecular formula is C16H26N2OS. The van der Waals surface area contributed by atoms with Gasteiger partial charge in [-0.15, -0.1) is 11.3 Å². The average Bonchev–Trinajstić information content (AvgIpc) is 2.93. The molecule has 4 heteroatoms. The van der Waals surface area contributed by atoms with Gasteiger partial charge in [0.05, 0.1) is 12.1 Å². The van der Waals surface area contributed by atoms with E-state index < -0.39 is 0 Å². The summed E-state index contributed by atoms with van der Waals surface area (Å²) < 4.78 is 5.98. The smallest absolute Gasteiger partial charge is 0.109 e. The van der Waals surface area contributed by atoms with Crippen LogP contribution in [0.5, 0.6) is 0 Å². The largest absolute Gasteiger partial charge is 0.377 e.